The number of carbonyl (C=O) groups excluding carboxylic acids is 1. The van der Waals surface area contributed by atoms with Crippen LogP contribution < -0.4 is 4.72 Å². The highest BCUT2D eigenvalue weighted by molar-refractivity contribution is 7.89. The van der Waals surface area contributed by atoms with Gasteiger partial charge in [0.05, 0.1) is 17.1 Å². The van der Waals surface area contributed by atoms with Crippen molar-refractivity contribution in [1.29, 1.82) is 0 Å². The van der Waals surface area contributed by atoms with Crippen LogP contribution in [0.15, 0.2) is 53.6 Å². The summed E-state index contributed by atoms with van der Waals surface area (Å²) in [5.74, 6) is 0.359. The molecule has 1 aromatic carbocycles. The number of nitrogens with zero attached hydrogens (tertiary/aromatic N) is 2. The monoisotopic (exact) mass is 373 g/mol. The molecule has 6 nitrogen and oxygen atoms in total. The van der Waals surface area contributed by atoms with Gasteiger partial charge in [-0.25, -0.2) is 13.1 Å². The number of hydrogen-bond acceptors (Lipinski definition) is 4. The first-order valence-electron chi connectivity index (χ1n) is 8.74. The Morgan fingerprint density at radius 3 is 2.85 bits per heavy atom. The summed E-state index contributed by atoms with van der Waals surface area (Å²) in [5, 5.41) is 0. The van der Waals surface area contributed by atoms with Crippen molar-refractivity contribution in [2.24, 2.45) is 5.92 Å². The van der Waals surface area contributed by atoms with Gasteiger partial charge in [0.15, 0.2) is 0 Å². The number of pyridine rings is 1. The molecule has 1 aromatic heterocycles. The highest BCUT2D eigenvalue weighted by atomic mass is 32.2. The van der Waals surface area contributed by atoms with Crippen LogP contribution in [-0.2, 0) is 16.6 Å². The first kappa shape index (κ1) is 18.5. The lowest BCUT2D eigenvalue weighted by atomic mass is 9.99. The van der Waals surface area contributed by atoms with E-state index >= 15 is 0 Å². The maximum Gasteiger partial charge on any atom is 0.253 e. The summed E-state index contributed by atoms with van der Waals surface area (Å²) >= 11 is 0. The molecular weight excluding hydrogens is 350 g/mol. The summed E-state index contributed by atoms with van der Waals surface area (Å²) in [5.41, 5.74) is 1.03. The van der Waals surface area contributed by atoms with Gasteiger partial charge in [0.1, 0.15) is 0 Å². The fourth-order valence-corrected chi connectivity index (χ4v) is 4.15. The van der Waals surface area contributed by atoms with Crippen LogP contribution >= 0.6 is 0 Å². The Morgan fingerprint density at radius 2 is 2.12 bits per heavy atom. The molecule has 1 fully saturated rings. The second-order valence-electron chi connectivity index (χ2n) is 6.67. The Balaban J connectivity index is 1.74. The number of aromatic nitrogens is 1. The highest BCUT2D eigenvalue weighted by Crippen LogP contribution is 2.19. The van der Waals surface area contributed by atoms with E-state index in [0.29, 0.717) is 23.7 Å². The van der Waals surface area contributed by atoms with Crippen LogP contribution in [0.3, 0.4) is 0 Å². The SMILES string of the molecule is CC1CCCN(C(=O)c2cccc(S(=O)(=O)NCc3ccccn3)c2)C1. The molecule has 0 radical (unpaired) electrons. The zero-order valence-corrected chi connectivity index (χ0v) is 15.6. The van der Waals surface area contributed by atoms with Crippen LogP contribution in [0.5, 0.6) is 0 Å². The van der Waals surface area contributed by atoms with E-state index < -0.39 is 10.0 Å². The molecule has 7 heteroatoms. The Kier molecular flexibility index (Phi) is 5.68. The standard InChI is InChI=1S/C19H23N3O3S/c1-15-6-5-11-22(14-15)19(23)16-7-4-9-18(12-16)26(24,25)21-13-17-8-2-3-10-20-17/h2-4,7-10,12,15,21H,5-6,11,13-14H2,1H3. The van der Waals surface area contributed by atoms with Crippen molar-refractivity contribution in [3.8, 4) is 0 Å². The molecule has 1 aliphatic rings. The van der Waals surface area contributed by atoms with Crippen LogP contribution in [-0.4, -0.2) is 37.3 Å². The first-order valence-corrected chi connectivity index (χ1v) is 10.2. The van der Waals surface area contributed by atoms with Gasteiger partial charge in [-0.05, 0) is 49.1 Å². The zero-order valence-electron chi connectivity index (χ0n) is 14.8. The molecule has 1 aliphatic heterocycles. The van der Waals surface area contributed by atoms with E-state index in [1.54, 1.807) is 41.4 Å². The number of amides is 1. The fourth-order valence-electron chi connectivity index (χ4n) is 3.11. The molecule has 1 atom stereocenters. The molecule has 0 spiro atoms. The third-order valence-corrected chi connectivity index (χ3v) is 5.90. The lowest BCUT2D eigenvalue weighted by Crippen LogP contribution is -2.39. The van der Waals surface area contributed by atoms with Crippen molar-refractivity contribution >= 4 is 15.9 Å². The van der Waals surface area contributed by atoms with E-state index in [1.807, 2.05) is 0 Å². The van der Waals surface area contributed by atoms with E-state index in [2.05, 4.69) is 16.6 Å². The maximum atomic E-state index is 12.7. The minimum Gasteiger partial charge on any atom is -0.338 e. The topological polar surface area (TPSA) is 79.4 Å². The number of hydrogen-bond donors (Lipinski definition) is 1. The van der Waals surface area contributed by atoms with Crippen molar-refractivity contribution in [3.63, 3.8) is 0 Å². The van der Waals surface area contributed by atoms with Gasteiger partial charge in [0, 0.05) is 24.8 Å². The first-order chi connectivity index (χ1) is 12.5. The summed E-state index contributed by atoms with van der Waals surface area (Å²) < 4.78 is 27.6. The normalized spacial score (nSPS) is 17.9. The van der Waals surface area contributed by atoms with Gasteiger partial charge >= 0.3 is 0 Å². The number of sulfonamides is 1. The van der Waals surface area contributed by atoms with Crippen molar-refractivity contribution in [2.45, 2.75) is 31.2 Å². The van der Waals surface area contributed by atoms with E-state index in [-0.39, 0.29) is 17.3 Å². The van der Waals surface area contributed by atoms with Crippen LogP contribution in [0.25, 0.3) is 0 Å². The third-order valence-electron chi connectivity index (χ3n) is 4.50. The van der Waals surface area contributed by atoms with Crippen molar-refractivity contribution < 1.29 is 13.2 Å². The summed E-state index contributed by atoms with van der Waals surface area (Å²) in [6.45, 7) is 3.67. The van der Waals surface area contributed by atoms with Crippen molar-refractivity contribution in [1.82, 2.24) is 14.6 Å². The molecule has 1 saturated heterocycles. The molecular formula is C19H23N3O3S. The largest absolute Gasteiger partial charge is 0.338 e. The second-order valence-corrected chi connectivity index (χ2v) is 8.44. The van der Waals surface area contributed by atoms with Gasteiger partial charge in [-0.2, -0.15) is 0 Å². The number of benzene rings is 1. The zero-order chi connectivity index (χ0) is 18.6. The highest BCUT2D eigenvalue weighted by Gasteiger charge is 2.23. The van der Waals surface area contributed by atoms with Crippen LogP contribution in [0.4, 0.5) is 0 Å². The summed E-state index contributed by atoms with van der Waals surface area (Å²) in [4.78, 5) is 18.7. The quantitative estimate of drug-likeness (QED) is 0.873. The lowest BCUT2D eigenvalue weighted by molar-refractivity contribution is 0.0683. The minimum atomic E-state index is -3.72. The van der Waals surface area contributed by atoms with Crippen molar-refractivity contribution in [2.75, 3.05) is 13.1 Å². The molecule has 0 saturated carbocycles. The van der Waals surface area contributed by atoms with Crippen LogP contribution in [0.2, 0.25) is 0 Å². The van der Waals surface area contributed by atoms with E-state index in [4.69, 9.17) is 0 Å². The molecule has 3 rings (SSSR count). The number of rotatable bonds is 5. The van der Waals surface area contributed by atoms with Crippen LogP contribution in [0, 0.1) is 5.92 Å². The summed E-state index contributed by atoms with van der Waals surface area (Å²) in [6, 6.07) is 11.5. The molecule has 1 N–H and O–H groups in total. The predicted molar refractivity (Wildman–Crippen MR) is 99.0 cm³/mol. The van der Waals surface area contributed by atoms with E-state index in [0.717, 1.165) is 19.4 Å². The molecule has 0 bridgehead atoms. The Morgan fingerprint density at radius 1 is 1.27 bits per heavy atom. The van der Waals surface area contributed by atoms with Gasteiger partial charge in [-0.3, -0.25) is 9.78 Å². The molecule has 2 aromatic rings. The number of nitrogens with one attached hydrogen (secondary N) is 1. The van der Waals surface area contributed by atoms with Gasteiger partial charge < -0.3 is 4.90 Å². The number of carbonyl (C=O) groups is 1. The second kappa shape index (κ2) is 7.97. The predicted octanol–water partition coefficient (Wildman–Crippen LogP) is 2.43. The minimum absolute atomic E-state index is 0.0874. The van der Waals surface area contributed by atoms with Gasteiger partial charge in [-0.15, -0.1) is 0 Å². The van der Waals surface area contributed by atoms with E-state index in [9.17, 15) is 13.2 Å². The van der Waals surface area contributed by atoms with Gasteiger partial charge in [0.25, 0.3) is 5.91 Å². The van der Waals surface area contributed by atoms with Gasteiger partial charge in [-0.1, -0.05) is 19.1 Å². The molecule has 138 valence electrons. The third kappa shape index (κ3) is 4.47. The Hall–Kier alpha value is -2.25. The lowest BCUT2D eigenvalue weighted by Gasteiger charge is -2.31. The van der Waals surface area contributed by atoms with Crippen molar-refractivity contribution in [3.05, 3.63) is 59.9 Å². The summed E-state index contributed by atoms with van der Waals surface area (Å²) in [6.07, 6.45) is 3.72. The average molecular weight is 373 g/mol. The molecule has 26 heavy (non-hydrogen) atoms. The molecule has 1 amide bonds. The van der Waals surface area contributed by atoms with Gasteiger partial charge in [0.2, 0.25) is 10.0 Å². The Bertz CT molecular complexity index is 869. The molecule has 2 heterocycles. The molecule has 0 aliphatic carbocycles. The maximum absolute atomic E-state index is 12.7. The van der Waals surface area contributed by atoms with E-state index in [1.165, 1.54) is 12.1 Å². The summed E-state index contributed by atoms with van der Waals surface area (Å²) in [7, 11) is -3.72. The fraction of sp³-hybridized carbons (Fsp3) is 0.368. The molecule has 1 unspecified atom stereocenters. The Labute approximate surface area is 154 Å². The van der Waals surface area contributed by atoms with Crippen LogP contribution in [0.1, 0.15) is 35.8 Å². The smallest absolute Gasteiger partial charge is 0.253 e. The average Bonchev–Trinajstić information content (AvgIpc) is 2.67. The number of piperidine rings is 1. The number of likely N-dealkylation sites (tertiary alicyclic amines) is 1.